The van der Waals surface area contributed by atoms with Crippen molar-refractivity contribution in [2.45, 2.75) is 26.2 Å². The third kappa shape index (κ3) is 4.48. The zero-order chi connectivity index (χ0) is 21.8. The van der Waals surface area contributed by atoms with Crippen LogP contribution in [0, 0.1) is 5.92 Å². The second-order valence-electron chi connectivity index (χ2n) is 7.73. The SMILES string of the molecule is COc1cc2ncnc(Nc3cc(/C(C)=C/C=C\C4CCC4)ccc3OC)c2cc1O. The van der Waals surface area contributed by atoms with Crippen molar-refractivity contribution in [1.82, 2.24) is 9.97 Å². The predicted molar refractivity (Wildman–Crippen MR) is 124 cm³/mol. The summed E-state index contributed by atoms with van der Waals surface area (Å²) in [7, 11) is 3.15. The van der Waals surface area contributed by atoms with Crippen LogP contribution in [-0.2, 0) is 0 Å². The fraction of sp³-hybridized carbons (Fsp3) is 0.280. The van der Waals surface area contributed by atoms with Crippen LogP contribution >= 0.6 is 0 Å². The van der Waals surface area contributed by atoms with Gasteiger partial charge in [0.05, 0.1) is 25.4 Å². The number of methoxy groups -OCH3 is 2. The number of nitrogens with one attached hydrogen (secondary N) is 1. The fourth-order valence-electron chi connectivity index (χ4n) is 3.60. The molecule has 1 saturated carbocycles. The van der Waals surface area contributed by atoms with E-state index in [1.807, 2.05) is 18.2 Å². The van der Waals surface area contributed by atoms with E-state index in [2.05, 4.69) is 40.4 Å². The molecule has 2 N–H and O–H groups in total. The highest BCUT2D eigenvalue weighted by Gasteiger charge is 2.14. The predicted octanol–water partition coefficient (Wildman–Crippen LogP) is 5.86. The average molecular weight is 418 g/mol. The zero-order valence-corrected chi connectivity index (χ0v) is 18.1. The molecule has 160 valence electrons. The Morgan fingerprint density at radius 3 is 2.61 bits per heavy atom. The summed E-state index contributed by atoms with van der Waals surface area (Å²) in [6.07, 6.45) is 12.0. The number of fused-ring (bicyclic) bond motifs is 1. The Hall–Kier alpha value is -3.54. The fourth-order valence-corrected chi connectivity index (χ4v) is 3.60. The third-order valence-electron chi connectivity index (χ3n) is 5.72. The molecule has 1 heterocycles. The van der Waals surface area contributed by atoms with Gasteiger partial charge in [-0.2, -0.15) is 0 Å². The first kappa shape index (κ1) is 20.7. The molecule has 3 aromatic rings. The van der Waals surface area contributed by atoms with Crippen LogP contribution in [0.3, 0.4) is 0 Å². The molecule has 0 unspecified atom stereocenters. The largest absolute Gasteiger partial charge is 0.504 e. The van der Waals surface area contributed by atoms with Gasteiger partial charge in [-0.25, -0.2) is 9.97 Å². The smallest absolute Gasteiger partial charge is 0.162 e. The third-order valence-corrected chi connectivity index (χ3v) is 5.72. The molecule has 0 bridgehead atoms. The van der Waals surface area contributed by atoms with Gasteiger partial charge >= 0.3 is 0 Å². The normalized spacial score (nSPS) is 14.6. The summed E-state index contributed by atoms with van der Waals surface area (Å²) in [6, 6.07) is 9.31. The lowest BCUT2D eigenvalue weighted by atomic mass is 9.85. The van der Waals surface area contributed by atoms with E-state index >= 15 is 0 Å². The van der Waals surface area contributed by atoms with E-state index in [9.17, 15) is 5.11 Å². The van der Waals surface area contributed by atoms with Crippen molar-refractivity contribution < 1.29 is 14.6 Å². The van der Waals surface area contributed by atoms with Crippen molar-refractivity contribution in [2.75, 3.05) is 19.5 Å². The minimum atomic E-state index is 0.0330. The van der Waals surface area contributed by atoms with Crippen LogP contribution < -0.4 is 14.8 Å². The molecular weight excluding hydrogens is 390 g/mol. The van der Waals surface area contributed by atoms with Gasteiger partial charge in [-0.15, -0.1) is 0 Å². The number of nitrogens with zero attached hydrogens (tertiary/aromatic N) is 2. The van der Waals surface area contributed by atoms with Gasteiger partial charge in [0.25, 0.3) is 0 Å². The van der Waals surface area contributed by atoms with Gasteiger partial charge in [0.15, 0.2) is 11.5 Å². The van der Waals surface area contributed by atoms with Crippen molar-refractivity contribution in [3.05, 3.63) is 60.5 Å². The quantitative estimate of drug-likeness (QED) is 0.469. The van der Waals surface area contributed by atoms with E-state index in [0.717, 1.165) is 22.7 Å². The van der Waals surface area contributed by atoms with Gasteiger partial charge in [0.2, 0.25) is 0 Å². The number of hydrogen-bond acceptors (Lipinski definition) is 6. The van der Waals surface area contributed by atoms with Gasteiger partial charge in [0, 0.05) is 11.5 Å². The highest BCUT2D eigenvalue weighted by atomic mass is 16.5. The molecule has 31 heavy (non-hydrogen) atoms. The maximum atomic E-state index is 10.2. The monoisotopic (exact) mass is 417 g/mol. The van der Waals surface area contributed by atoms with Crippen LogP contribution in [0.2, 0.25) is 0 Å². The summed E-state index contributed by atoms with van der Waals surface area (Å²) >= 11 is 0. The van der Waals surface area contributed by atoms with E-state index in [-0.39, 0.29) is 5.75 Å². The molecule has 4 rings (SSSR count). The van der Waals surface area contributed by atoms with Crippen LogP contribution in [0.4, 0.5) is 11.5 Å². The Morgan fingerprint density at radius 1 is 1.10 bits per heavy atom. The zero-order valence-electron chi connectivity index (χ0n) is 18.1. The van der Waals surface area contributed by atoms with Gasteiger partial charge in [-0.05, 0) is 55.0 Å². The first-order valence-electron chi connectivity index (χ1n) is 10.4. The summed E-state index contributed by atoms with van der Waals surface area (Å²) in [5.74, 6) is 2.41. The van der Waals surface area contributed by atoms with Crippen molar-refractivity contribution in [3.8, 4) is 17.2 Å². The Kier molecular flexibility index (Phi) is 6.07. The average Bonchev–Trinajstić information content (AvgIpc) is 2.75. The van der Waals surface area contributed by atoms with E-state index in [1.54, 1.807) is 19.2 Å². The van der Waals surface area contributed by atoms with E-state index in [0.29, 0.717) is 28.2 Å². The van der Waals surface area contributed by atoms with E-state index < -0.39 is 0 Å². The molecule has 2 aromatic carbocycles. The van der Waals surface area contributed by atoms with E-state index in [1.165, 1.54) is 32.7 Å². The molecule has 0 amide bonds. The number of ether oxygens (including phenoxy) is 2. The number of aromatic nitrogens is 2. The van der Waals surface area contributed by atoms with Crippen LogP contribution in [0.15, 0.2) is 54.9 Å². The summed E-state index contributed by atoms with van der Waals surface area (Å²) < 4.78 is 10.7. The van der Waals surface area contributed by atoms with Crippen LogP contribution in [0.1, 0.15) is 31.7 Å². The van der Waals surface area contributed by atoms with Gasteiger partial charge in [-0.3, -0.25) is 0 Å². The standard InChI is InChI=1S/C25H27N3O3/c1-16(6-4-7-17-8-5-9-17)18-10-11-23(30-2)21(12-18)28-25-19-13-22(29)24(31-3)14-20(19)26-15-27-25/h4,6-7,10-15,17,29H,5,8-9H2,1-3H3,(H,26,27,28)/b7-4-,16-6+. The first-order chi connectivity index (χ1) is 15.1. The van der Waals surface area contributed by atoms with Gasteiger partial charge in [0.1, 0.15) is 17.9 Å². The first-order valence-corrected chi connectivity index (χ1v) is 10.4. The molecule has 0 aliphatic heterocycles. The Bertz CT molecular complexity index is 1150. The van der Waals surface area contributed by atoms with Crippen molar-refractivity contribution in [1.29, 1.82) is 0 Å². The molecule has 6 heteroatoms. The summed E-state index contributed by atoms with van der Waals surface area (Å²) in [6.45, 7) is 2.10. The van der Waals surface area contributed by atoms with Gasteiger partial charge < -0.3 is 19.9 Å². The highest BCUT2D eigenvalue weighted by Crippen LogP contribution is 2.36. The molecule has 1 fully saturated rings. The molecule has 0 radical (unpaired) electrons. The van der Waals surface area contributed by atoms with E-state index in [4.69, 9.17) is 9.47 Å². The molecule has 0 spiro atoms. The number of aromatic hydroxyl groups is 1. The Balaban J connectivity index is 1.66. The minimum Gasteiger partial charge on any atom is -0.504 e. The minimum absolute atomic E-state index is 0.0330. The molecule has 1 aromatic heterocycles. The van der Waals surface area contributed by atoms with Crippen LogP contribution in [0.25, 0.3) is 16.5 Å². The second kappa shape index (κ2) is 9.08. The Labute approximate surface area is 182 Å². The van der Waals surface area contributed by atoms with Crippen LogP contribution in [0.5, 0.6) is 17.2 Å². The maximum Gasteiger partial charge on any atom is 0.162 e. The van der Waals surface area contributed by atoms with Crippen molar-refractivity contribution in [2.24, 2.45) is 5.92 Å². The molecular formula is C25H27N3O3. The number of phenols is 1. The second-order valence-corrected chi connectivity index (χ2v) is 7.73. The van der Waals surface area contributed by atoms with Crippen molar-refractivity contribution >= 4 is 28.0 Å². The number of rotatable bonds is 7. The lowest BCUT2D eigenvalue weighted by Gasteiger charge is -2.20. The number of benzene rings is 2. The Morgan fingerprint density at radius 2 is 1.90 bits per heavy atom. The molecule has 1 aliphatic carbocycles. The molecule has 0 atom stereocenters. The molecule has 1 aliphatic rings. The number of allylic oxidation sites excluding steroid dienone is 4. The summed E-state index contributed by atoms with van der Waals surface area (Å²) in [5, 5.41) is 14.2. The lowest BCUT2D eigenvalue weighted by Crippen LogP contribution is -2.06. The maximum absolute atomic E-state index is 10.2. The molecule has 6 nitrogen and oxygen atoms in total. The van der Waals surface area contributed by atoms with Crippen molar-refractivity contribution in [3.63, 3.8) is 0 Å². The number of phenolic OH excluding ortho intramolecular Hbond substituents is 1. The van der Waals surface area contributed by atoms with Gasteiger partial charge in [-0.1, -0.05) is 30.7 Å². The number of anilines is 2. The van der Waals surface area contributed by atoms with Crippen LogP contribution in [-0.4, -0.2) is 29.3 Å². The topological polar surface area (TPSA) is 76.5 Å². The summed E-state index contributed by atoms with van der Waals surface area (Å²) in [5.41, 5.74) is 3.70. The summed E-state index contributed by atoms with van der Waals surface area (Å²) in [4.78, 5) is 8.67. The molecule has 0 saturated heterocycles. The number of hydrogen-bond donors (Lipinski definition) is 2. The highest BCUT2D eigenvalue weighted by molar-refractivity contribution is 5.93. The lowest BCUT2D eigenvalue weighted by molar-refractivity contribution is 0.374.